The van der Waals surface area contributed by atoms with Crippen molar-refractivity contribution in [1.29, 1.82) is 0 Å². The molecule has 0 spiro atoms. The lowest BCUT2D eigenvalue weighted by molar-refractivity contribution is 0.00643. The van der Waals surface area contributed by atoms with E-state index < -0.39 is 17.5 Å². The zero-order valence-corrected chi connectivity index (χ0v) is 13.6. The predicted molar refractivity (Wildman–Crippen MR) is 80.3 cm³/mol. The van der Waals surface area contributed by atoms with Crippen LogP contribution in [0.15, 0.2) is 18.2 Å². The van der Waals surface area contributed by atoms with E-state index in [2.05, 4.69) is 22.6 Å². The maximum Gasteiger partial charge on any atom is 0.339 e. The van der Waals surface area contributed by atoms with E-state index in [0.29, 0.717) is 0 Å². The maximum atomic E-state index is 12.1. The fraction of sp³-hybridized carbons (Fsp3) is 0.429. The first-order valence-electron chi connectivity index (χ1n) is 5.94. The van der Waals surface area contributed by atoms with Gasteiger partial charge in [-0.15, -0.1) is 0 Å². The monoisotopic (exact) mass is 376 g/mol. The second kappa shape index (κ2) is 6.36. The smallest absolute Gasteiger partial charge is 0.339 e. The molecule has 0 fully saturated rings. The van der Waals surface area contributed by atoms with Gasteiger partial charge in [-0.2, -0.15) is 0 Å². The van der Waals surface area contributed by atoms with Crippen molar-refractivity contribution in [3.05, 3.63) is 32.9 Å². The molecule has 0 atom stereocenters. The molecule has 0 amide bonds. The van der Waals surface area contributed by atoms with Crippen molar-refractivity contribution in [2.45, 2.75) is 33.3 Å². The Morgan fingerprint density at radius 3 is 2.32 bits per heavy atom. The van der Waals surface area contributed by atoms with Gasteiger partial charge in [0, 0.05) is 3.57 Å². The Bertz CT molecular complexity index is 489. The van der Waals surface area contributed by atoms with Gasteiger partial charge in [-0.3, -0.25) is 0 Å². The minimum absolute atomic E-state index is 0.233. The molecule has 1 rings (SSSR count). The summed E-state index contributed by atoms with van der Waals surface area (Å²) in [4.78, 5) is 23.9. The highest BCUT2D eigenvalue weighted by atomic mass is 127. The second-order valence-corrected chi connectivity index (χ2v) is 6.16. The van der Waals surface area contributed by atoms with Gasteiger partial charge in [0.2, 0.25) is 0 Å². The molecule has 0 aliphatic rings. The summed E-state index contributed by atoms with van der Waals surface area (Å²) in [5.41, 5.74) is -0.138. The Labute approximate surface area is 126 Å². The molecule has 19 heavy (non-hydrogen) atoms. The topological polar surface area (TPSA) is 52.6 Å². The van der Waals surface area contributed by atoms with Gasteiger partial charge in [0.15, 0.2) is 0 Å². The summed E-state index contributed by atoms with van der Waals surface area (Å²) in [6, 6.07) is 4.96. The quantitative estimate of drug-likeness (QED) is 0.599. The van der Waals surface area contributed by atoms with Crippen LogP contribution in [-0.4, -0.2) is 24.1 Å². The number of rotatable bonds is 3. The van der Waals surface area contributed by atoms with Gasteiger partial charge in [0.05, 0.1) is 17.7 Å². The molecule has 0 saturated carbocycles. The van der Waals surface area contributed by atoms with Gasteiger partial charge in [0.1, 0.15) is 5.60 Å². The van der Waals surface area contributed by atoms with Crippen LogP contribution >= 0.6 is 22.6 Å². The Morgan fingerprint density at radius 2 is 1.79 bits per heavy atom. The molecule has 0 N–H and O–H groups in total. The average Bonchev–Trinajstić information content (AvgIpc) is 2.26. The molecule has 1 aromatic rings. The van der Waals surface area contributed by atoms with Crippen molar-refractivity contribution in [3.8, 4) is 0 Å². The minimum Gasteiger partial charge on any atom is -0.462 e. The van der Waals surface area contributed by atoms with E-state index >= 15 is 0 Å². The highest BCUT2D eigenvalue weighted by molar-refractivity contribution is 14.1. The summed E-state index contributed by atoms with van der Waals surface area (Å²) in [6.45, 7) is 7.32. The molecule has 0 aliphatic carbocycles. The van der Waals surface area contributed by atoms with E-state index in [9.17, 15) is 9.59 Å². The summed E-state index contributed by atoms with van der Waals surface area (Å²) in [6.07, 6.45) is 0. The van der Waals surface area contributed by atoms with Crippen LogP contribution in [0.1, 0.15) is 48.4 Å². The summed E-state index contributed by atoms with van der Waals surface area (Å²) in [7, 11) is 0. The van der Waals surface area contributed by atoms with E-state index in [1.54, 1.807) is 45.9 Å². The average molecular weight is 376 g/mol. The number of benzene rings is 1. The molecular weight excluding hydrogens is 359 g/mol. The SMILES string of the molecule is CCOC(=O)c1ccc(I)cc1C(=O)OC(C)(C)C. The van der Waals surface area contributed by atoms with Crippen LogP contribution < -0.4 is 0 Å². The number of hydrogen-bond acceptors (Lipinski definition) is 4. The predicted octanol–water partition coefficient (Wildman–Crippen LogP) is 3.42. The van der Waals surface area contributed by atoms with Crippen molar-refractivity contribution in [3.63, 3.8) is 0 Å². The van der Waals surface area contributed by atoms with Crippen molar-refractivity contribution >= 4 is 34.5 Å². The lowest BCUT2D eigenvalue weighted by Crippen LogP contribution is -2.25. The summed E-state index contributed by atoms with van der Waals surface area (Å²) in [5, 5.41) is 0. The Morgan fingerprint density at radius 1 is 1.16 bits per heavy atom. The van der Waals surface area contributed by atoms with Gasteiger partial charge in [0.25, 0.3) is 0 Å². The highest BCUT2D eigenvalue weighted by Gasteiger charge is 2.23. The van der Waals surface area contributed by atoms with Crippen molar-refractivity contribution in [2.24, 2.45) is 0 Å². The summed E-state index contributed by atoms with van der Waals surface area (Å²) >= 11 is 2.08. The molecule has 0 radical (unpaired) electrons. The molecule has 5 heteroatoms. The van der Waals surface area contributed by atoms with Crippen molar-refractivity contribution in [2.75, 3.05) is 6.61 Å². The van der Waals surface area contributed by atoms with Crippen LogP contribution in [-0.2, 0) is 9.47 Å². The van der Waals surface area contributed by atoms with Crippen LogP contribution in [0.3, 0.4) is 0 Å². The van der Waals surface area contributed by atoms with Crippen molar-refractivity contribution in [1.82, 2.24) is 0 Å². The Hall–Kier alpha value is -1.11. The normalized spacial score (nSPS) is 11.0. The van der Waals surface area contributed by atoms with Gasteiger partial charge >= 0.3 is 11.9 Å². The van der Waals surface area contributed by atoms with E-state index in [1.807, 2.05) is 0 Å². The first-order valence-corrected chi connectivity index (χ1v) is 7.02. The van der Waals surface area contributed by atoms with Crippen LogP contribution in [0.25, 0.3) is 0 Å². The Kier molecular flexibility index (Phi) is 5.34. The maximum absolute atomic E-state index is 12.1. The third-order valence-corrected chi connectivity index (χ3v) is 2.77. The molecule has 0 heterocycles. The fourth-order valence-electron chi connectivity index (χ4n) is 1.41. The number of carbonyl (C=O) groups excluding carboxylic acids is 2. The third kappa shape index (κ3) is 4.81. The molecule has 4 nitrogen and oxygen atoms in total. The number of hydrogen-bond donors (Lipinski definition) is 0. The second-order valence-electron chi connectivity index (χ2n) is 4.91. The summed E-state index contributed by atoms with van der Waals surface area (Å²) < 4.78 is 11.1. The molecule has 0 bridgehead atoms. The van der Waals surface area contributed by atoms with Gasteiger partial charge in [-0.1, -0.05) is 0 Å². The molecular formula is C14H17IO4. The van der Waals surface area contributed by atoms with Crippen LogP contribution in [0.2, 0.25) is 0 Å². The van der Waals surface area contributed by atoms with E-state index in [-0.39, 0.29) is 17.7 Å². The highest BCUT2D eigenvalue weighted by Crippen LogP contribution is 2.19. The molecule has 0 aliphatic heterocycles. The minimum atomic E-state index is -0.607. The fourth-order valence-corrected chi connectivity index (χ4v) is 1.90. The number of halogens is 1. The van der Waals surface area contributed by atoms with Crippen LogP contribution in [0.5, 0.6) is 0 Å². The third-order valence-electron chi connectivity index (χ3n) is 2.10. The summed E-state index contributed by atoms with van der Waals surface area (Å²) in [5.74, 6) is -1.03. The zero-order chi connectivity index (χ0) is 14.6. The van der Waals surface area contributed by atoms with E-state index in [0.717, 1.165) is 3.57 Å². The van der Waals surface area contributed by atoms with E-state index in [1.165, 1.54) is 0 Å². The molecule has 0 saturated heterocycles. The van der Waals surface area contributed by atoms with Crippen molar-refractivity contribution < 1.29 is 19.1 Å². The largest absolute Gasteiger partial charge is 0.462 e. The van der Waals surface area contributed by atoms with Gasteiger partial charge in [-0.05, 0) is 68.5 Å². The lowest BCUT2D eigenvalue weighted by atomic mass is 10.1. The molecule has 1 aromatic carbocycles. The molecule has 104 valence electrons. The molecule has 0 aromatic heterocycles. The van der Waals surface area contributed by atoms with E-state index in [4.69, 9.17) is 9.47 Å². The number of esters is 2. The van der Waals surface area contributed by atoms with Gasteiger partial charge in [-0.25, -0.2) is 9.59 Å². The lowest BCUT2D eigenvalue weighted by Gasteiger charge is -2.20. The number of ether oxygens (including phenoxy) is 2. The standard InChI is InChI=1S/C14H17IO4/c1-5-18-12(16)10-7-6-9(15)8-11(10)13(17)19-14(2,3)4/h6-8H,5H2,1-4H3. The molecule has 0 unspecified atom stereocenters. The Balaban J connectivity index is 3.14. The van der Waals surface area contributed by atoms with Gasteiger partial charge < -0.3 is 9.47 Å². The first kappa shape index (κ1) is 15.9. The van der Waals surface area contributed by atoms with Crippen LogP contribution in [0, 0.1) is 3.57 Å². The van der Waals surface area contributed by atoms with Crippen LogP contribution in [0.4, 0.5) is 0 Å². The zero-order valence-electron chi connectivity index (χ0n) is 11.5. The first-order chi connectivity index (χ1) is 8.74. The number of carbonyl (C=O) groups is 2.